The number of hydrogen-bond donors (Lipinski definition) is 1. The molecular formula is C19H22N2O3. The Morgan fingerprint density at radius 3 is 3.04 bits per heavy atom. The lowest BCUT2D eigenvalue weighted by Crippen LogP contribution is -2.31. The molecule has 1 atom stereocenters. The van der Waals surface area contributed by atoms with Crippen LogP contribution in [0.4, 0.5) is 0 Å². The molecule has 0 amide bonds. The SMILES string of the molecule is C#CCn1c(=O)c(CNCC2CCCO2)cc2ccc(OC)cc21. The Hall–Kier alpha value is -2.29. The molecule has 1 aliphatic rings. The summed E-state index contributed by atoms with van der Waals surface area (Å²) in [4.78, 5) is 12.8. The van der Waals surface area contributed by atoms with Gasteiger partial charge in [-0.15, -0.1) is 6.42 Å². The van der Waals surface area contributed by atoms with Crippen molar-refractivity contribution in [1.82, 2.24) is 9.88 Å². The minimum atomic E-state index is -0.0615. The van der Waals surface area contributed by atoms with Crippen molar-refractivity contribution in [2.75, 3.05) is 20.3 Å². The van der Waals surface area contributed by atoms with Gasteiger partial charge in [0.25, 0.3) is 5.56 Å². The van der Waals surface area contributed by atoms with Crippen molar-refractivity contribution >= 4 is 10.9 Å². The normalized spacial score (nSPS) is 17.1. The van der Waals surface area contributed by atoms with Crippen LogP contribution < -0.4 is 15.6 Å². The zero-order valence-electron chi connectivity index (χ0n) is 13.9. The second kappa shape index (κ2) is 7.52. The van der Waals surface area contributed by atoms with Gasteiger partial charge in [0.15, 0.2) is 0 Å². The topological polar surface area (TPSA) is 52.5 Å². The van der Waals surface area contributed by atoms with Crippen LogP contribution in [-0.4, -0.2) is 30.9 Å². The van der Waals surface area contributed by atoms with Crippen LogP contribution in [0.5, 0.6) is 5.75 Å². The Kier molecular flexibility index (Phi) is 5.19. The summed E-state index contributed by atoms with van der Waals surface area (Å²) in [6, 6.07) is 7.60. The molecule has 1 N–H and O–H groups in total. The molecule has 0 bridgehead atoms. The molecule has 0 radical (unpaired) electrons. The van der Waals surface area contributed by atoms with E-state index in [9.17, 15) is 4.79 Å². The van der Waals surface area contributed by atoms with E-state index in [4.69, 9.17) is 15.9 Å². The second-order valence-electron chi connectivity index (χ2n) is 5.96. The maximum absolute atomic E-state index is 12.8. The summed E-state index contributed by atoms with van der Waals surface area (Å²) < 4.78 is 12.5. The summed E-state index contributed by atoms with van der Waals surface area (Å²) in [6.45, 7) is 2.33. The molecule has 1 aliphatic heterocycles. The number of methoxy groups -OCH3 is 1. The highest BCUT2D eigenvalue weighted by Crippen LogP contribution is 2.20. The van der Waals surface area contributed by atoms with Crippen molar-refractivity contribution in [3.63, 3.8) is 0 Å². The first kappa shape index (κ1) is 16.6. The van der Waals surface area contributed by atoms with Gasteiger partial charge in [-0.1, -0.05) is 5.92 Å². The molecule has 0 aliphatic carbocycles. The molecule has 2 heterocycles. The number of rotatable bonds is 6. The molecular weight excluding hydrogens is 304 g/mol. The fourth-order valence-corrected chi connectivity index (χ4v) is 3.09. The van der Waals surface area contributed by atoms with Gasteiger partial charge < -0.3 is 14.8 Å². The first-order chi connectivity index (χ1) is 11.7. The molecule has 1 aromatic heterocycles. The molecule has 1 saturated heterocycles. The van der Waals surface area contributed by atoms with Gasteiger partial charge in [-0.25, -0.2) is 0 Å². The largest absolute Gasteiger partial charge is 0.497 e. The highest BCUT2D eigenvalue weighted by atomic mass is 16.5. The lowest BCUT2D eigenvalue weighted by Gasteiger charge is -2.14. The third-order valence-electron chi connectivity index (χ3n) is 4.34. The average molecular weight is 326 g/mol. The molecule has 5 heteroatoms. The van der Waals surface area contributed by atoms with Crippen LogP contribution in [0, 0.1) is 12.3 Å². The predicted molar refractivity (Wildman–Crippen MR) is 94.3 cm³/mol. The summed E-state index contributed by atoms with van der Waals surface area (Å²) in [5.74, 6) is 3.27. The van der Waals surface area contributed by atoms with Gasteiger partial charge in [0.1, 0.15) is 5.75 Å². The summed E-state index contributed by atoms with van der Waals surface area (Å²) in [6.07, 6.45) is 7.89. The molecule has 3 rings (SSSR count). The van der Waals surface area contributed by atoms with Gasteiger partial charge in [-0.05, 0) is 36.4 Å². The molecule has 24 heavy (non-hydrogen) atoms. The van der Waals surface area contributed by atoms with Gasteiger partial charge in [0, 0.05) is 31.3 Å². The Labute approximate surface area is 141 Å². The summed E-state index contributed by atoms with van der Waals surface area (Å²) in [5, 5.41) is 4.30. The molecule has 1 aromatic carbocycles. The molecule has 2 aromatic rings. The zero-order valence-corrected chi connectivity index (χ0v) is 13.9. The molecule has 0 spiro atoms. The summed E-state index contributed by atoms with van der Waals surface area (Å²) in [5.41, 5.74) is 1.44. The Morgan fingerprint density at radius 1 is 1.46 bits per heavy atom. The maximum Gasteiger partial charge on any atom is 0.256 e. The molecule has 5 nitrogen and oxygen atoms in total. The second-order valence-corrected chi connectivity index (χ2v) is 5.96. The highest BCUT2D eigenvalue weighted by Gasteiger charge is 2.15. The van der Waals surface area contributed by atoms with Crippen LogP contribution in [0.2, 0.25) is 0 Å². The van der Waals surface area contributed by atoms with Crippen molar-refractivity contribution in [2.45, 2.75) is 32.0 Å². The predicted octanol–water partition coefficient (Wildman–Crippen LogP) is 1.91. The van der Waals surface area contributed by atoms with Crippen molar-refractivity contribution < 1.29 is 9.47 Å². The minimum absolute atomic E-state index is 0.0615. The first-order valence-corrected chi connectivity index (χ1v) is 8.19. The number of hydrogen-bond acceptors (Lipinski definition) is 4. The van der Waals surface area contributed by atoms with E-state index in [1.165, 1.54) is 0 Å². The quantitative estimate of drug-likeness (QED) is 0.824. The van der Waals surface area contributed by atoms with E-state index in [1.807, 2.05) is 24.3 Å². The highest BCUT2D eigenvalue weighted by molar-refractivity contribution is 5.81. The van der Waals surface area contributed by atoms with E-state index in [1.54, 1.807) is 11.7 Å². The first-order valence-electron chi connectivity index (χ1n) is 8.19. The number of benzene rings is 1. The Balaban J connectivity index is 1.88. The molecule has 0 saturated carbocycles. The fourth-order valence-electron chi connectivity index (χ4n) is 3.09. The lowest BCUT2D eigenvalue weighted by atomic mass is 10.1. The third-order valence-corrected chi connectivity index (χ3v) is 4.34. The molecule has 1 fully saturated rings. The zero-order chi connectivity index (χ0) is 16.9. The van der Waals surface area contributed by atoms with Crippen LogP contribution >= 0.6 is 0 Å². The molecule has 1 unspecified atom stereocenters. The monoisotopic (exact) mass is 326 g/mol. The van der Waals surface area contributed by atoms with Gasteiger partial charge in [-0.2, -0.15) is 0 Å². The van der Waals surface area contributed by atoms with E-state index < -0.39 is 0 Å². The van der Waals surface area contributed by atoms with E-state index in [-0.39, 0.29) is 18.2 Å². The van der Waals surface area contributed by atoms with E-state index >= 15 is 0 Å². The number of terminal acetylenes is 1. The van der Waals surface area contributed by atoms with Gasteiger partial charge in [0.2, 0.25) is 0 Å². The van der Waals surface area contributed by atoms with Crippen molar-refractivity contribution in [2.24, 2.45) is 0 Å². The van der Waals surface area contributed by atoms with E-state index in [0.717, 1.165) is 36.9 Å². The minimum Gasteiger partial charge on any atom is -0.497 e. The number of fused-ring (bicyclic) bond motifs is 1. The fraction of sp³-hybridized carbons (Fsp3) is 0.421. The van der Waals surface area contributed by atoms with Crippen LogP contribution in [0.3, 0.4) is 0 Å². The standard InChI is InChI=1S/C19H22N2O3/c1-3-8-21-18-11-16(23-2)7-6-14(18)10-15(19(21)22)12-20-13-17-5-4-9-24-17/h1,6-7,10-11,17,20H,4-5,8-9,12-13H2,2H3. The Morgan fingerprint density at radius 2 is 2.33 bits per heavy atom. The summed E-state index contributed by atoms with van der Waals surface area (Å²) in [7, 11) is 1.61. The lowest BCUT2D eigenvalue weighted by molar-refractivity contribution is 0.110. The van der Waals surface area contributed by atoms with Gasteiger partial charge in [-0.3, -0.25) is 9.36 Å². The van der Waals surface area contributed by atoms with Crippen LogP contribution in [0.15, 0.2) is 29.1 Å². The molecule has 126 valence electrons. The van der Waals surface area contributed by atoms with Crippen molar-refractivity contribution in [3.05, 3.63) is 40.2 Å². The smallest absolute Gasteiger partial charge is 0.256 e. The third kappa shape index (κ3) is 3.45. The Bertz CT molecular complexity index is 814. The van der Waals surface area contributed by atoms with Gasteiger partial charge in [0.05, 0.1) is 25.3 Å². The van der Waals surface area contributed by atoms with E-state index in [2.05, 4.69) is 11.2 Å². The van der Waals surface area contributed by atoms with Crippen LogP contribution in [0.25, 0.3) is 10.9 Å². The van der Waals surface area contributed by atoms with E-state index in [0.29, 0.717) is 17.9 Å². The van der Waals surface area contributed by atoms with Crippen LogP contribution in [0.1, 0.15) is 18.4 Å². The number of nitrogens with zero attached hydrogens (tertiary/aromatic N) is 1. The maximum atomic E-state index is 12.8. The number of pyridine rings is 1. The number of nitrogens with one attached hydrogen (secondary N) is 1. The summed E-state index contributed by atoms with van der Waals surface area (Å²) >= 11 is 0. The average Bonchev–Trinajstić information content (AvgIpc) is 3.11. The van der Waals surface area contributed by atoms with Crippen molar-refractivity contribution in [3.8, 4) is 18.1 Å². The van der Waals surface area contributed by atoms with Gasteiger partial charge >= 0.3 is 0 Å². The number of ether oxygens (including phenoxy) is 2. The van der Waals surface area contributed by atoms with Crippen molar-refractivity contribution in [1.29, 1.82) is 0 Å². The number of aromatic nitrogens is 1. The van der Waals surface area contributed by atoms with Crippen LogP contribution in [-0.2, 0) is 17.8 Å².